The van der Waals surface area contributed by atoms with Gasteiger partial charge in [0.1, 0.15) is 6.04 Å². The highest BCUT2D eigenvalue weighted by Gasteiger charge is 2.26. The largest absolute Gasteiger partial charge is 0.480 e. The molecule has 2 atom stereocenters. The molecule has 0 bridgehead atoms. The van der Waals surface area contributed by atoms with Crippen LogP contribution in [0.4, 0.5) is 0 Å². The van der Waals surface area contributed by atoms with E-state index in [1.165, 1.54) is 24.3 Å². The zero-order valence-corrected chi connectivity index (χ0v) is 14.6. The van der Waals surface area contributed by atoms with Crippen molar-refractivity contribution in [3.05, 3.63) is 29.3 Å². The molecule has 0 radical (unpaired) electrons. The number of hydrogen-bond acceptors (Lipinski definition) is 5. The summed E-state index contributed by atoms with van der Waals surface area (Å²) in [6.45, 7) is 0.709. The molecule has 0 amide bonds. The summed E-state index contributed by atoms with van der Waals surface area (Å²) >= 11 is 5.72. The molecular formula is C15H20ClNO6S. The minimum atomic E-state index is -3.95. The van der Waals surface area contributed by atoms with Crippen LogP contribution >= 0.6 is 11.6 Å². The lowest BCUT2D eigenvalue weighted by Crippen LogP contribution is -2.41. The third kappa shape index (κ3) is 5.71. The summed E-state index contributed by atoms with van der Waals surface area (Å²) in [4.78, 5) is 11.3. The number of ether oxygens (including phenoxy) is 2. The predicted octanol–water partition coefficient (Wildman–Crippen LogP) is 2.00. The summed E-state index contributed by atoms with van der Waals surface area (Å²) in [6, 6.07) is 4.20. The number of hydrogen-bond donors (Lipinski definition) is 2. The molecule has 0 saturated carbocycles. The standard InChI is InChI=1S/C15H20ClNO6S/c16-11-4-6-12(7-5-11)24(20,21)17-13(15(18)19)8-10-23-14-3-1-2-9-22-14/h4-7,13-14,17H,1-3,8-10H2,(H,18,19). The summed E-state index contributed by atoms with van der Waals surface area (Å²) < 4.78 is 37.5. The van der Waals surface area contributed by atoms with Crippen molar-refractivity contribution >= 4 is 27.6 Å². The first-order chi connectivity index (χ1) is 11.4. The predicted molar refractivity (Wildman–Crippen MR) is 87.4 cm³/mol. The summed E-state index contributed by atoms with van der Waals surface area (Å²) in [6.07, 6.45) is 2.39. The second-order valence-corrected chi connectivity index (χ2v) is 7.57. The smallest absolute Gasteiger partial charge is 0.321 e. The minimum Gasteiger partial charge on any atom is -0.480 e. The van der Waals surface area contributed by atoms with Gasteiger partial charge < -0.3 is 14.6 Å². The van der Waals surface area contributed by atoms with E-state index in [-0.39, 0.29) is 24.2 Å². The first kappa shape index (κ1) is 19.1. The van der Waals surface area contributed by atoms with Gasteiger partial charge in [-0.05, 0) is 49.9 Å². The van der Waals surface area contributed by atoms with Gasteiger partial charge in [-0.15, -0.1) is 0 Å². The van der Waals surface area contributed by atoms with E-state index in [1.807, 2.05) is 0 Å². The number of carbonyl (C=O) groups is 1. The van der Waals surface area contributed by atoms with E-state index in [4.69, 9.17) is 21.1 Å². The lowest BCUT2D eigenvalue weighted by Gasteiger charge is -2.23. The van der Waals surface area contributed by atoms with Gasteiger partial charge in [0, 0.05) is 11.6 Å². The Morgan fingerprint density at radius 3 is 2.67 bits per heavy atom. The quantitative estimate of drug-likeness (QED) is 0.718. The van der Waals surface area contributed by atoms with E-state index in [9.17, 15) is 18.3 Å². The molecule has 0 spiro atoms. The van der Waals surface area contributed by atoms with E-state index in [0.29, 0.717) is 11.6 Å². The summed E-state index contributed by atoms with van der Waals surface area (Å²) in [7, 11) is -3.95. The first-order valence-corrected chi connectivity index (χ1v) is 9.48. The Labute approximate surface area is 146 Å². The average molecular weight is 378 g/mol. The highest BCUT2D eigenvalue weighted by molar-refractivity contribution is 7.89. The van der Waals surface area contributed by atoms with Gasteiger partial charge in [-0.1, -0.05) is 11.6 Å². The molecule has 1 aliphatic heterocycles. The highest BCUT2D eigenvalue weighted by atomic mass is 35.5. The maximum Gasteiger partial charge on any atom is 0.321 e. The molecule has 1 saturated heterocycles. The highest BCUT2D eigenvalue weighted by Crippen LogP contribution is 2.16. The Hall–Kier alpha value is -1.19. The molecule has 9 heteroatoms. The van der Waals surface area contributed by atoms with Crippen LogP contribution in [0.2, 0.25) is 5.02 Å². The number of sulfonamides is 1. The van der Waals surface area contributed by atoms with Crippen molar-refractivity contribution in [1.29, 1.82) is 0 Å². The van der Waals surface area contributed by atoms with E-state index < -0.39 is 22.0 Å². The number of nitrogens with one attached hydrogen (secondary N) is 1. The van der Waals surface area contributed by atoms with E-state index >= 15 is 0 Å². The van der Waals surface area contributed by atoms with Crippen LogP contribution in [0.3, 0.4) is 0 Å². The summed E-state index contributed by atoms with van der Waals surface area (Å²) in [5.74, 6) is -1.26. The van der Waals surface area contributed by atoms with Crippen LogP contribution in [0.15, 0.2) is 29.2 Å². The molecule has 1 aromatic carbocycles. The zero-order chi connectivity index (χ0) is 17.6. The number of carboxylic acid groups (broad SMARTS) is 1. The molecule has 0 aliphatic carbocycles. The Bertz CT molecular complexity index is 642. The van der Waals surface area contributed by atoms with Gasteiger partial charge >= 0.3 is 5.97 Å². The SMILES string of the molecule is O=C(O)C(CCOC1CCCCO1)NS(=O)(=O)c1ccc(Cl)cc1. The number of halogens is 1. The monoisotopic (exact) mass is 377 g/mol. The fourth-order valence-corrected chi connectivity index (χ4v) is 3.61. The maximum atomic E-state index is 12.2. The van der Waals surface area contributed by atoms with Gasteiger partial charge in [0.15, 0.2) is 6.29 Å². The molecule has 1 heterocycles. The van der Waals surface area contributed by atoms with Gasteiger partial charge in [0.05, 0.1) is 11.5 Å². The topological polar surface area (TPSA) is 102 Å². The lowest BCUT2D eigenvalue weighted by atomic mass is 10.2. The van der Waals surface area contributed by atoms with Crippen LogP contribution in [0.25, 0.3) is 0 Å². The summed E-state index contributed by atoms with van der Waals surface area (Å²) in [5, 5.41) is 9.62. The maximum absolute atomic E-state index is 12.2. The second-order valence-electron chi connectivity index (χ2n) is 5.42. The Morgan fingerprint density at radius 2 is 2.08 bits per heavy atom. The average Bonchev–Trinajstić information content (AvgIpc) is 2.55. The van der Waals surface area contributed by atoms with Crippen molar-refractivity contribution in [2.75, 3.05) is 13.2 Å². The van der Waals surface area contributed by atoms with Crippen LogP contribution in [-0.2, 0) is 24.3 Å². The molecule has 2 rings (SSSR count). The first-order valence-electron chi connectivity index (χ1n) is 7.62. The van der Waals surface area contributed by atoms with Crippen LogP contribution in [-0.4, -0.2) is 45.0 Å². The number of aliphatic carboxylic acids is 1. The van der Waals surface area contributed by atoms with Gasteiger partial charge in [0.2, 0.25) is 10.0 Å². The van der Waals surface area contributed by atoms with Crippen molar-refractivity contribution in [3.8, 4) is 0 Å². The van der Waals surface area contributed by atoms with Crippen LogP contribution < -0.4 is 4.72 Å². The van der Waals surface area contributed by atoms with Crippen LogP contribution in [0.1, 0.15) is 25.7 Å². The van der Waals surface area contributed by atoms with Crippen molar-refractivity contribution in [3.63, 3.8) is 0 Å². The fraction of sp³-hybridized carbons (Fsp3) is 0.533. The number of carboxylic acids is 1. The molecule has 7 nitrogen and oxygen atoms in total. The van der Waals surface area contributed by atoms with Crippen molar-refractivity contribution < 1.29 is 27.8 Å². The molecule has 1 fully saturated rings. The number of rotatable bonds is 8. The molecule has 2 unspecified atom stereocenters. The minimum absolute atomic E-state index is 0.00200. The van der Waals surface area contributed by atoms with Gasteiger partial charge in [-0.25, -0.2) is 8.42 Å². The molecule has 1 aromatic rings. The van der Waals surface area contributed by atoms with Gasteiger partial charge in [0.25, 0.3) is 0 Å². The Morgan fingerprint density at radius 1 is 1.38 bits per heavy atom. The zero-order valence-electron chi connectivity index (χ0n) is 13.0. The third-order valence-electron chi connectivity index (χ3n) is 3.57. The fourth-order valence-electron chi connectivity index (χ4n) is 2.26. The third-order valence-corrected chi connectivity index (χ3v) is 5.31. The number of benzene rings is 1. The Kier molecular flexibility index (Phi) is 7.00. The van der Waals surface area contributed by atoms with Crippen molar-refractivity contribution in [1.82, 2.24) is 4.72 Å². The van der Waals surface area contributed by atoms with Crippen molar-refractivity contribution in [2.24, 2.45) is 0 Å². The lowest BCUT2D eigenvalue weighted by molar-refractivity contribution is -0.165. The van der Waals surface area contributed by atoms with Gasteiger partial charge in [-0.2, -0.15) is 4.72 Å². The Balaban J connectivity index is 1.92. The molecule has 1 aliphatic rings. The van der Waals surface area contributed by atoms with E-state index in [0.717, 1.165) is 19.3 Å². The molecule has 24 heavy (non-hydrogen) atoms. The summed E-state index contributed by atoms with van der Waals surface area (Å²) in [5.41, 5.74) is 0. The second kappa shape index (κ2) is 8.77. The van der Waals surface area contributed by atoms with Gasteiger partial charge in [-0.3, -0.25) is 4.79 Å². The molecule has 0 aromatic heterocycles. The molecule has 2 N–H and O–H groups in total. The molecule has 134 valence electrons. The van der Waals surface area contributed by atoms with E-state index in [1.54, 1.807) is 0 Å². The molecular weight excluding hydrogens is 358 g/mol. The van der Waals surface area contributed by atoms with Crippen LogP contribution in [0.5, 0.6) is 0 Å². The van der Waals surface area contributed by atoms with Crippen LogP contribution in [0, 0.1) is 0 Å². The van der Waals surface area contributed by atoms with Crippen molar-refractivity contribution in [2.45, 2.75) is 42.9 Å². The normalized spacial score (nSPS) is 19.8. The van der Waals surface area contributed by atoms with E-state index in [2.05, 4.69) is 4.72 Å².